The van der Waals surface area contributed by atoms with Crippen LogP contribution in [0.4, 0.5) is 5.69 Å². The van der Waals surface area contributed by atoms with Crippen LogP contribution in [0, 0.1) is 0 Å². The number of nitrogens with zero attached hydrogens (tertiary/aromatic N) is 2. The number of aromatic nitrogens is 1. The van der Waals surface area contributed by atoms with E-state index in [-0.39, 0.29) is 16.5 Å². The summed E-state index contributed by atoms with van der Waals surface area (Å²) in [6.45, 7) is 0.997. The molecule has 1 aromatic carbocycles. The minimum absolute atomic E-state index is 0.0960. The number of nitrogen functional groups attached to an aromatic ring is 1. The highest BCUT2D eigenvalue weighted by molar-refractivity contribution is 7.89. The molecule has 1 fully saturated rings. The van der Waals surface area contributed by atoms with Crippen molar-refractivity contribution in [2.45, 2.75) is 17.2 Å². The first-order valence-corrected chi connectivity index (χ1v) is 8.27. The van der Waals surface area contributed by atoms with Crippen LogP contribution in [0.2, 0.25) is 0 Å². The van der Waals surface area contributed by atoms with Gasteiger partial charge in [-0.2, -0.15) is 4.31 Å². The van der Waals surface area contributed by atoms with E-state index in [2.05, 4.69) is 4.98 Å². The van der Waals surface area contributed by atoms with E-state index in [1.807, 2.05) is 30.3 Å². The molecule has 0 aliphatic carbocycles. The second-order valence-corrected chi connectivity index (χ2v) is 7.08. The monoisotopic (exact) mass is 303 g/mol. The summed E-state index contributed by atoms with van der Waals surface area (Å²) in [5, 5.41) is 0. The zero-order chi connectivity index (χ0) is 14.9. The zero-order valence-electron chi connectivity index (χ0n) is 11.5. The first-order valence-electron chi connectivity index (χ1n) is 6.83. The highest BCUT2D eigenvalue weighted by Crippen LogP contribution is 2.32. The minimum atomic E-state index is -3.56. The number of benzene rings is 1. The average molecular weight is 303 g/mol. The third-order valence-electron chi connectivity index (χ3n) is 3.86. The van der Waals surface area contributed by atoms with Gasteiger partial charge in [0.05, 0.1) is 5.69 Å². The molecule has 0 radical (unpaired) electrons. The van der Waals surface area contributed by atoms with Crippen molar-refractivity contribution in [3.05, 3.63) is 54.4 Å². The van der Waals surface area contributed by atoms with E-state index in [9.17, 15) is 8.42 Å². The van der Waals surface area contributed by atoms with E-state index >= 15 is 0 Å². The lowest BCUT2D eigenvalue weighted by molar-refractivity contribution is 0.473. The molecule has 21 heavy (non-hydrogen) atoms. The van der Waals surface area contributed by atoms with E-state index in [4.69, 9.17) is 5.73 Å². The molecule has 1 saturated heterocycles. The van der Waals surface area contributed by atoms with Gasteiger partial charge < -0.3 is 5.73 Å². The number of sulfonamides is 1. The number of pyridine rings is 1. The van der Waals surface area contributed by atoms with Crippen molar-refractivity contribution in [1.29, 1.82) is 0 Å². The van der Waals surface area contributed by atoms with Crippen molar-refractivity contribution < 1.29 is 8.42 Å². The summed E-state index contributed by atoms with van der Waals surface area (Å²) in [4.78, 5) is 3.97. The Hall–Kier alpha value is -1.92. The molecule has 2 N–H and O–H groups in total. The molecule has 5 nitrogen and oxygen atoms in total. The molecule has 1 atom stereocenters. The summed E-state index contributed by atoms with van der Waals surface area (Å²) in [5.74, 6) is 0.235. The molecule has 0 spiro atoms. The van der Waals surface area contributed by atoms with E-state index < -0.39 is 10.0 Å². The first kappa shape index (κ1) is 14.0. The predicted molar refractivity (Wildman–Crippen MR) is 81.2 cm³/mol. The van der Waals surface area contributed by atoms with Crippen LogP contribution in [-0.4, -0.2) is 30.8 Å². The topological polar surface area (TPSA) is 76.3 Å². The molecule has 3 rings (SSSR count). The van der Waals surface area contributed by atoms with Crippen LogP contribution in [0.3, 0.4) is 0 Å². The molecule has 0 bridgehead atoms. The van der Waals surface area contributed by atoms with Crippen molar-refractivity contribution in [2.75, 3.05) is 18.8 Å². The summed E-state index contributed by atoms with van der Waals surface area (Å²) in [5.41, 5.74) is 7.19. The number of hydrogen-bond donors (Lipinski definition) is 1. The van der Waals surface area contributed by atoms with Crippen LogP contribution in [0.1, 0.15) is 17.9 Å². The van der Waals surface area contributed by atoms with Gasteiger partial charge in [-0.1, -0.05) is 30.3 Å². The highest BCUT2D eigenvalue weighted by Gasteiger charge is 2.34. The maximum Gasteiger partial charge on any atom is 0.246 e. The van der Waals surface area contributed by atoms with Crippen LogP contribution >= 0.6 is 0 Å². The van der Waals surface area contributed by atoms with Crippen LogP contribution in [0.25, 0.3) is 0 Å². The molecular weight excluding hydrogens is 286 g/mol. The van der Waals surface area contributed by atoms with Crippen molar-refractivity contribution >= 4 is 15.7 Å². The molecule has 110 valence electrons. The summed E-state index contributed by atoms with van der Waals surface area (Å²) in [6, 6.07) is 11.5. The van der Waals surface area contributed by atoms with Crippen LogP contribution in [0.15, 0.2) is 53.7 Å². The fourth-order valence-electron chi connectivity index (χ4n) is 2.69. The van der Waals surface area contributed by atoms with E-state index in [1.165, 1.54) is 28.3 Å². The van der Waals surface area contributed by atoms with Crippen LogP contribution in [-0.2, 0) is 10.0 Å². The number of nitrogens with two attached hydrogens (primary N) is 1. The second-order valence-electron chi connectivity index (χ2n) is 5.17. The van der Waals surface area contributed by atoms with Gasteiger partial charge in [-0.15, -0.1) is 0 Å². The maximum atomic E-state index is 12.6. The van der Waals surface area contributed by atoms with Crippen molar-refractivity contribution in [1.82, 2.24) is 9.29 Å². The van der Waals surface area contributed by atoms with Gasteiger partial charge >= 0.3 is 0 Å². The lowest BCUT2D eigenvalue weighted by Crippen LogP contribution is -2.29. The Kier molecular flexibility index (Phi) is 3.65. The van der Waals surface area contributed by atoms with Crippen molar-refractivity contribution in [2.24, 2.45) is 0 Å². The zero-order valence-corrected chi connectivity index (χ0v) is 12.3. The number of anilines is 1. The summed E-state index contributed by atoms with van der Waals surface area (Å²) >= 11 is 0. The lowest BCUT2D eigenvalue weighted by Gasteiger charge is -2.17. The Labute approximate surface area is 124 Å². The Morgan fingerprint density at radius 3 is 2.67 bits per heavy atom. The minimum Gasteiger partial charge on any atom is -0.398 e. The third kappa shape index (κ3) is 2.64. The Morgan fingerprint density at radius 2 is 1.95 bits per heavy atom. The van der Waals surface area contributed by atoms with Crippen molar-refractivity contribution in [3.63, 3.8) is 0 Å². The summed E-state index contributed by atoms with van der Waals surface area (Å²) in [7, 11) is -3.56. The number of rotatable bonds is 3. The Bertz CT molecular complexity index is 732. The normalized spacial score (nSPS) is 19.7. The predicted octanol–water partition coefficient (Wildman–Crippen LogP) is 1.84. The van der Waals surface area contributed by atoms with Gasteiger partial charge in [0.1, 0.15) is 4.90 Å². The SMILES string of the molecule is Nc1ccncc1S(=O)(=O)N1CCC(c2ccccc2)C1. The molecule has 1 aromatic heterocycles. The fourth-order valence-corrected chi connectivity index (χ4v) is 4.25. The van der Waals surface area contributed by atoms with E-state index in [0.29, 0.717) is 13.1 Å². The first-order chi connectivity index (χ1) is 10.1. The molecule has 2 aromatic rings. The number of hydrogen-bond acceptors (Lipinski definition) is 4. The summed E-state index contributed by atoms with van der Waals surface area (Å²) in [6.07, 6.45) is 3.63. The Balaban J connectivity index is 1.85. The van der Waals surface area contributed by atoms with Crippen LogP contribution in [0.5, 0.6) is 0 Å². The fraction of sp³-hybridized carbons (Fsp3) is 0.267. The standard InChI is InChI=1S/C15H17N3O2S/c16-14-6-8-17-10-15(14)21(19,20)18-9-7-13(11-18)12-4-2-1-3-5-12/h1-6,8,10,13H,7,9,11H2,(H2,16,17). The molecule has 1 unspecified atom stereocenters. The highest BCUT2D eigenvalue weighted by atomic mass is 32.2. The largest absolute Gasteiger partial charge is 0.398 e. The van der Waals surface area contributed by atoms with Gasteiger partial charge in [-0.25, -0.2) is 8.42 Å². The Morgan fingerprint density at radius 1 is 1.19 bits per heavy atom. The van der Waals surface area contributed by atoms with Gasteiger partial charge in [0.2, 0.25) is 10.0 Å². The van der Waals surface area contributed by atoms with E-state index in [0.717, 1.165) is 6.42 Å². The van der Waals surface area contributed by atoms with Gasteiger partial charge in [-0.3, -0.25) is 4.98 Å². The van der Waals surface area contributed by atoms with Gasteiger partial charge in [0, 0.05) is 25.5 Å². The molecule has 2 heterocycles. The van der Waals surface area contributed by atoms with Gasteiger partial charge in [0.15, 0.2) is 0 Å². The lowest BCUT2D eigenvalue weighted by atomic mass is 9.99. The second kappa shape index (κ2) is 5.46. The van der Waals surface area contributed by atoms with Gasteiger partial charge in [-0.05, 0) is 24.0 Å². The maximum absolute atomic E-state index is 12.6. The van der Waals surface area contributed by atoms with Crippen LogP contribution < -0.4 is 5.73 Å². The molecule has 1 aliphatic heterocycles. The molecule has 6 heteroatoms. The molecule has 0 saturated carbocycles. The molecular formula is C15H17N3O2S. The third-order valence-corrected chi connectivity index (χ3v) is 5.76. The van der Waals surface area contributed by atoms with Gasteiger partial charge in [0.25, 0.3) is 0 Å². The quantitative estimate of drug-likeness (QED) is 0.938. The summed E-state index contributed by atoms with van der Waals surface area (Å²) < 4.78 is 26.8. The van der Waals surface area contributed by atoms with Crippen molar-refractivity contribution in [3.8, 4) is 0 Å². The molecule has 0 amide bonds. The van der Waals surface area contributed by atoms with E-state index in [1.54, 1.807) is 0 Å². The smallest absolute Gasteiger partial charge is 0.246 e. The average Bonchev–Trinajstić information content (AvgIpc) is 2.99. The molecule has 1 aliphatic rings.